The lowest BCUT2D eigenvalue weighted by Crippen LogP contribution is -2.34. The van der Waals surface area contributed by atoms with Gasteiger partial charge in [0.05, 0.1) is 0 Å². The van der Waals surface area contributed by atoms with E-state index in [1.807, 2.05) is 17.0 Å². The van der Waals surface area contributed by atoms with Gasteiger partial charge in [0.2, 0.25) is 0 Å². The van der Waals surface area contributed by atoms with Gasteiger partial charge in [-0.15, -0.1) is 0 Å². The molecule has 1 amide bonds. The highest BCUT2D eigenvalue weighted by atomic mass is 16.5. The molecule has 22 heavy (non-hydrogen) atoms. The molecule has 1 aromatic heterocycles. The van der Waals surface area contributed by atoms with Crippen molar-refractivity contribution in [3.05, 3.63) is 53.4 Å². The summed E-state index contributed by atoms with van der Waals surface area (Å²) in [7, 11) is 0. The van der Waals surface area contributed by atoms with Crippen LogP contribution >= 0.6 is 0 Å². The summed E-state index contributed by atoms with van der Waals surface area (Å²) in [5, 5.41) is 3.99. The summed E-state index contributed by atoms with van der Waals surface area (Å²) in [4.78, 5) is 14.6. The fraction of sp³-hybridized carbons (Fsp3) is 0.444. The first-order valence-electron chi connectivity index (χ1n) is 8.05. The van der Waals surface area contributed by atoms with Gasteiger partial charge in [-0.25, -0.2) is 0 Å². The van der Waals surface area contributed by atoms with E-state index in [0.717, 1.165) is 31.6 Å². The van der Waals surface area contributed by atoms with Crippen LogP contribution in [0.5, 0.6) is 0 Å². The average molecular weight is 296 g/mol. The molecule has 114 valence electrons. The molecule has 0 unspecified atom stereocenters. The van der Waals surface area contributed by atoms with Crippen molar-refractivity contribution in [2.24, 2.45) is 0 Å². The molecular weight excluding hydrogens is 276 g/mol. The van der Waals surface area contributed by atoms with E-state index < -0.39 is 0 Å². The fourth-order valence-electron chi connectivity index (χ4n) is 3.38. The molecule has 2 fully saturated rings. The standard InChI is InChI=1S/C18H20N2O2/c1-12-9-15(13-5-3-2-4-6-13)11-20(12)18(21)16-10-17(22-19-16)14-7-8-14/h2-6,10,12,14-15H,7-9,11H2,1H3/t12-,15-/m1/s1. The van der Waals surface area contributed by atoms with Crippen LogP contribution in [0.25, 0.3) is 0 Å². The summed E-state index contributed by atoms with van der Waals surface area (Å²) in [6.07, 6.45) is 3.31. The molecule has 4 rings (SSSR count). The highest BCUT2D eigenvalue weighted by molar-refractivity contribution is 5.92. The number of aromatic nitrogens is 1. The summed E-state index contributed by atoms with van der Waals surface area (Å²) in [6.45, 7) is 2.87. The molecule has 2 heterocycles. The van der Waals surface area contributed by atoms with Gasteiger partial charge in [-0.2, -0.15) is 0 Å². The Hall–Kier alpha value is -2.10. The maximum Gasteiger partial charge on any atom is 0.276 e. The Morgan fingerprint density at radius 3 is 2.73 bits per heavy atom. The van der Waals surface area contributed by atoms with Gasteiger partial charge >= 0.3 is 0 Å². The van der Waals surface area contributed by atoms with Crippen molar-refractivity contribution >= 4 is 5.91 Å². The van der Waals surface area contributed by atoms with Gasteiger partial charge in [0.1, 0.15) is 5.76 Å². The van der Waals surface area contributed by atoms with Gasteiger partial charge in [-0.05, 0) is 31.7 Å². The zero-order chi connectivity index (χ0) is 15.1. The third-order valence-electron chi connectivity index (χ3n) is 4.83. The molecule has 1 aliphatic heterocycles. The molecule has 4 heteroatoms. The number of rotatable bonds is 3. The van der Waals surface area contributed by atoms with Gasteiger partial charge in [0, 0.05) is 30.5 Å². The number of amides is 1. The summed E-state index contributed by atoms with van der Waals surface area (Å²) in [5.74, 6) is 1.77. The maximum absolute atomic E-state index is 12.7. The van der Waals surface area contributed by atoms with Gasteiger partial charge in [-0.1, -0.05) is 35.5 Å². The Kier molecular flexibility index (Phi) is 3.25. The third-order valence-corrected chi connectivity index (χ3v) is 4.83. The number of carbonyl (C=O) groups is 1. The van der Waals surface area contributed by atoms with Crippen molar-refractivity contribution in [2.75, 3.05) is 6.54 Å². The average Bonchev–Trinajstić information content (AvgIpc) is 3.15. The first-order chi connectivity index (χ1) is 10.7. The van der Waals surface area contributed by atoms with E-state index in [0.29, 0.717) is 17.5 Å². The highest BCUT2D eigenvalue weighted by Gasteiger charge is 2.36. The lowest BCUT2D eigenvalue weighted by Gasteiger charge is -2.19. The van der Waals surface area contributed by atoms with Crippen molar-refractivity contribution in [3.63, 3.8) is 0 Å². The van der Waals surface area contributed by atoms with E-state index >= 15 is 0 Å². The maximum atomic E-state index is 12.7. The van der Waals surface area contributed by atoms with Crippen LogP contribution in [-0.4, -0.2) is 28.6 Å². The van der Waals surface area contributed by atoms with Crippen LogP contribution in [0.1, 0.15) is 59.8 Å². The molecule has 0 N–H and O–H groups in total. The van der Waals surface area contributed by atoms with Crippen molar-refractivity contribution in [3.8, 4) is 0 Å². The summed E-state index contributed by atoms with van der Waals surface area (Å²) >= 11 is 0. The Labute approximate surface area is 130 Å². The number of benzene rings is 1. The Morgan fingerprint density at radius 1 is 1.23 bits per heavy atom. The minimum atomic E-state index is 0.00146. The van der Waals surface area contributed by atoms with Crippen LogP contribution in [0.2, 0.25) is 0 Å². The molecule has 1 aromatic carbocycles. The Bertz CT molecular complexity index is 675. The fourth-order valence-corrected chi connectivity index (χ4v) is 3.38. The van der Waals surface area contributed by atoms with Crippen LogP contribution in [0.3, 0.4) is 0 Å². The first-order valence-corrected chi connectivity index (χ1v) is 8.05. The van der Waals surface area contributed by atoms with Crippen LogP contribution in [0.15, 0.2) is 40.9 Å². The third kappa shape index (κ3) is 2.43. The zero-order valence-corrected chi connectivity index (χ0v) is 12.7. The minimum Gasteiger partial charge on any atom is -0.360 e. The summed E-state index contributed by atoms with van der Waals surface area (Å²) in [5.41, 5.74) is 1.77. The molecule has 4 nitrogen and oxygen atoms in total. The molecule has 1 aliphatic carbocycles. The van der Waals surface area contributed by atoms with E-state index in [1.54, 1.807) is 0 Å². The molecule has 1 saturated carbocycles. The number of hydrogen-bond acceptors (Lipinski definition) is 3. The lowest BCUT2D eigenvalue weighted by atomic mass is 9.97. The molecule has 0 radical (unpaired) electrons. The highest BCUT2D eigenvalue weighted by Crippen LogP contribution is 2.40. The number of nitrogens with zero attached hydrogens (tertiary/aromatic N) is 2. The van der Waals surface area contributed by atoms with Gasteiger partial charge < -0.3 is 9.42 Å². The van der Waals surface area contributed by atoms with Crippen molar-refractivity contribution in [2.45, 2.75) is 44.1 Å². The van der Waals surface area contributed by atoms with E-state index in [1.165, 1.54) is 5.56 Å². The number of carbonyl (C=O) groups excluding carboxylic acids is 1. The molecule has 2 atom stereocenters. The molecule has 2 aliphatic rings. The zero-order valence-electron chi connectivity index (χ0n) is 12.7. The topological polar surface area (TPSA) is 46.3 Å². The largest absolute Gasteiger partial charge is 0.360 e. The van der Waals surface area contributed by atoms with Gasteiger partial charge in [0.25, 0.3) is 5.91 Å². The van der Waals surface area contributed by atoms with Crippen molar-refractivity contribution in [1.29, 1.82) is 0 Å². The van der Waals surface area contributed by atoms with E-state index in [4.69, 9.17) is 4.52 Å². The molecule has 0 bridgehead atoms. The number of likely N-dealkylation sites (tertiary alicyclic amines) is 1. The second-order valence-electron chi connectivity index (χ2n) is 6.54. The normalized spacial score (nSPS) is 24.7. The molecule has 1 saturated heterocycles. The van der Waals surface area contributed by atoms with Gasteiger partial charge in [-0.3, -0.25) is 4.79 Å². The minimum absolute atomic E-state index is 0.00146. The van der Waals surface area contributed by atoms with Crippen LogP contribution < -0.4 is 0 Å². The smallest absolute Gasteiger partial charge is 0.276 e. The quantitative estimate of drug-likeness (QED) is 0.870. The Morgan fingerprint density at radius 2 is 2.00 bits per heavy atom. The molecular formula is C18H20N2O2. The SMILES string of the molecule is C[C@@H]1C[C@@H](c2ccccc2)CN1C(=O)c1cc(C2CC2)on1. The van der Waals surface area contributed by atoms with Gasteiger partial charge in [0.15, 0.2) is 5.69 Å². The van der Waals surface area contributed by atoms with Crippen LogP contribution in [-0.2, 0) is 0 Å². The molecule has 0 spiro atoms. The van der Waals surface area contributed by atoms with E-state index in [9.17, 15) is 4.79 Å². The Balaban J connectivity index is 1.50. The van der Waals surface area contributed by atoms with Crippen molar-refractivity contribution < 1.29 is 9.32 Å². The van der Waals surface area contributed by atoms with Crippen molar-refractivity contribution in [1.82, 2.24) is 10.1 Å². The monoisotopic (exact) mass is 296 g/mol. The number of hydrogen-bond donors (Lipinski definition) is 0. The second kappa shape index (κ2) is 5.27. The molecule has 2 aromatic rings. The van der Waals surface area contributed by atoms with Crippen LogP contribution in [0, 0.1) is 0 Å². The van der Waals surface area contributed by atoms with E-state index in [2.05, 4.69) is 36.3 Å². The summed E-state index contributed by atoms with van der Waals surface area (Å²) in [6, 6.07) is 12.5. The van der Waals surface area contributed by atoms with E-state index in [-0.39, 0.29) is 11.9 Å². The first kappa shape index (κ1) is 13.6. The predicted octanol–water partition coefficient (Wildman–Crippen LogP) is 3.57. The summed E-state index contributed by atoms with van der Waals surface area (Å²) < 4.78 is 5.32. The second-order valence-corrected chi connectivity index (χ2v) is 6.54. The van der Waals surface area contributed by atoms with Crippen LogP contribution in [0.4, 0.5) is 0 Å². The predicted molar refractivity (Wildman–Crippen MR) is 82.8 cm³/mol. The lowest BCUT2D eigenvalue weighted by molar-refractivity contribution is 0.0735.